The van der Waals surface area contributed by atoms with E-state index in [1.54, 1.807) is 11.8 Å². The molecule has 1 aromatic rings. The average Bonchev–Trinajstić information content (AvgIpc) is 2.43. The van der Waals surface area contributed by atoms with Crippen molar-refractivity contribution in [2.75, 3.05) is 5.75 Å². The number of halogens is 1. The second kappa shape index (κ2) is 5.40. The lowest BCUT2D eigenvalue weighted by Gasteiger charge is -1.95. The molecule has 13 heavy (non-hydrogen) atoms. The second-order valence-electron chi connectivity index (χ2n) is 2.68. The van der Waals surface area contributed by atoms with Crippen LogP contribution in [-0.2, 0) is 5.75 Å². The van der Waals surface area contributed by atoms with Crippen LogP contribution in [0.5, 0.6) is 0 Å². The third-order valence-corrected chi connectivity index (χ3v) is 3.01. The minimum atomic E-state index is -0.340. The first kappa shape index (κ1) is 10.7. The fourth-order valence-electron chi connectivity index (χ4n) is 0.828. The summed E-state index contributed by atoms with van der Waals surface area (Å²) >= 11 is 7.39. The SMILES string of the molecule is CCCCSCc1o[nH]c(=O)c1Cl. The lowest BCUT2D eigenvalue weighted by molar-refractivity contribution is 0.390. The summed E-state index contributed by atoms with van der Waals surface area (Å²) in [5.41, 5.74) is -0.340. The fourth-order valence-corrected chi connectivity index (χ4v) is 2.08. The monoisotopic (exact) mass is 221 g/mol. The number of nitrogens with one attached hydrogen (secondary N) is 1. The Kier molecular flexibility index (Phi) is 4.45. The Hall–Kier alpha value is -0.350. The largest absolute Gasteiger partial charge is 0.381 e. The van der Waals surface area contributed by atoms with Crippen LogP contribution in [0.15, 0.2) is 9.32 Å². The van der Waals surface area contributed by atoms with Crippen molar-refractivity contribution in [3.63, 3.8) is 0 Å². The van der Waals surface area contributed by atoms with Crippen LogP contribution in [0.2, 0.25) is 5.02 Å². The van der Waals surface area contributed by atoms with E-state index >= 15 is 0 Å². The van der Waals surface area contributed by atoms with Gasteiger partial charge in [0.1, 0.15) is 0 Å². The van der Waals surface area contributed by atoms with Crippen LogP contribution in [0.4, 0.5) is 0 Å². The molecular formula is C8H12ClNO2S. The van der Waals surface area contributed by atoms with Gasteiger partial charge in [0.15, 0.2) is 10.8 Å². The Balaban J connectivity index is 2.37. The number of H-pyrrole nitrogens is 1. The predicted octanol–water partition coefficient (Wildman–Crippen LogP) is 2.65. The zero-order valence-corrected chi connectivity index (χ0v) is 9.00. The fraction of sp³-hybridized carbons (Fsp3) is 0.625. The Morgan fingerprint density at radius 3 is 2.92 bits per heavy atom. The molecule has 1 rings (SSSR count). The number of hydrogen-bond acceptors (Lipinski definition) is 3. The molecule has 0 spiro atoms. The summed E-state index contributed by atoms with van der Waals surface area (Å²) in [4.78, 5) is 10.8. The van der Waals surface area contributed by atoms with Crippen molar-refractivity contribution in [1.29, 1.82) is 0 Å². The van der Waals surface area contributed by atoms with Crippen molar-refractivity contribution >= 4 is 23.4 Å². The number of aromatic amines is 1. The maximum absolute atomic E-state index is 10.8. The minimum absolute atomic E-state index is 0.184. The molecule has 0 aromatic carbocycles. The zero-order valence-electron chi connectivity index (χ0n) is 7.43. The van der Waals surface area contributed by atoms with E-state index < -0.39 is 0 Å². The summed E-state index contributed by atoms with van der Waals surface area (Å²) in [7, 11) is 0. The molecule has 0 aliphatic heterocycles. The topological polar surface area (TPSA) is 46.0 Å². The van der Waals surface area contributed by atoms with Gasteiger partial charge in [-0.05, 0) is 12.2 Å². The molecule has 1 N–H and O–H groups in total. The summed E-state index contributed by atoms with van der Waals surface area (Å²) in [6.45, 7) is 2.14. The van der Waals surface area contributed by atoms with Crippen LogP contribution in [0.1, 0.15) is 25.5 Å². The van der Waals surface area contributed by atoms with Crippen molar-refractivity contribution in [2.45, 2.75) is 25.5 Å². The summed E-state index contributed by atoms with van der Waals surface area (Å²) in [6, 6.07) is 0. The molecule has 0 bridgehead atoms. The Bertz CT molecular complexity index is 307. The van der Waals surface area contributed by atoms with Crippen molar-refractivity contribution in [3.05, 3.63) is 21.1 Å². The van der Waals surface area contributed by atoms with Gasteiger partial charge in [-0.1, -0.05) is 24.9 Å². The molecule has 0 unspecified atom stereocenters. The molecule has 1 heterocycles. The van der Waals surface area contributed by atoms with Crippen LogP contribution in [0.3, 0.4) is 0 Å². The van der Waals surface area contributed by atoms with Crippen molar-refractivity contribution in [2.24, 2.45) is 0 Å². The van der Waals surface area contributed by atoms with Gasteiger partial charge in [0.2, 0.25) is 0 Å². The highest BCUT2D eigenvalue weighted by Crippen LogP contribution is 2.18. The van der Waals surface area contributed by atoms with E-state index in [0.29, 0.717) is 11.5 Å². The molecule has 0 aliphatic carbocycles. The molecule has 0 saturated carbocycles. The molecule has 5 heteroatoms. The number of thioether (sulfide) groups is 1. The van der Waals surface area contributed by atoms with Gasteiger partial charge in [0, 0.05) is 0 Å². The number of aromatic nitrogens is 1. The lowest BCUT2D eigenvalue weighted by atomic mass is 10.4. The Labute approximate surface area is 85.8 Å². The van der Waals surface area contributed by atoms with E-state index in [9.17, 15) is 4.79 Å². The Morgan fingerprint density at radius 2 is 2.38 bits per heavy atom. The highest BCUT2D eigenvalue weighted by atomic mass is 35.5. The number of hydrogen-bond donors (Lipinski definition) is 1. The van der Waals surface area contributed by atoms with Crippen LogP contribution in [0, 0.1) is 0 Å². The van der Waals surface area contributed by atoms with Crippen LogP contribution in [0.25, 0.3) is 0 Å². The molecular weight excluding hydrogens is 210 g/mol. The Morgan fingerprint density at radius 1 is 1.62 bits per heavy atom. The van der Waals surface area contributed by atoms with Crippen molar-refractivity contribution in [3.8, 4) is 0 Å². The molecule has 3 nitrogen and oxygen atoms in total. The highest BCUT2D eigenvalue weighted by molar-refractivity contribution is 7.98. The van der Waals surface area contributed by atoms with Gasteiger partial charge in [-0.2, -0.15) is 16.9 Å². The molecule has 0 fully saturated rings. The highest BCUT2D eigenvalue weighted by Gasteiger charge is 2.08. The van der Waals surface area contributed by atoms with E-state index in [1.165, 1.54) is 12.8 Å². The third-order valence-electron chi connectivity index (χ3n) is 1.59. The maximum Gasteiger partial charge on any atom is 0.298 e. The van der Waals surface area contributed by atoms with Crippen LogP contribution < -0.4 is 5.56 Å². The molecule has 0 amide bonds. The molecule has 74 valence electrons. The molecule has 0 saturated heterocycles. The first-order valence-corrected chi connectivity index (χ1v) is 5.72. The summed E-state index contributed by atoms with van der Waals surface area (Å²) in [5.74, 6) is 2.28. The minimum Gasteiger partial charge on any atom is -0.381 e. The lowest BCUT2D eigenvalue weighted by Crippen LogP contribution is -1.96. The second-order valence-corrected chi connectivity index (χ2v) is 4.16. The number of unbranched alkanes of at least 4 members (excludes halogenated alkanes) is 1. The third kappa shape index (κ3) is 3.12. The standard InChI is InChI=1S/C8H12ClNO2S/c1-2-3-4-13-5-6-7(9)8(11)10-12-6/h2-5H2,1H3,(H,10,11). The first-order chi connectivity index (χ1) is 6.25. The summed E-state index contributed by atoms with van der Waals surface area (Å²) < 4.78 is 4.88. The van der Waals surface area contributed by atoms with Crippen LogP contribution in [-0.4, -0.2) is 10.9 Å². The quantitative estimate of drug-likeness (QED) is 0.778. The van der Waals surface area contributed by atoms with Gasteiger partial charge in [0.05, 0.1) is 5.75 Å². The van der Waals surface area contributed by atoms with E-state index in [0.717, 1.165) is 5.75 Å². The normalized spacial score (nSPS) is 10.6. The van der Waals surface area contributed by atoms with Gasteiger partial charge < -0.3 is 4.52 Å². The van der Waals surface area contributed by atoms with E-state index in [1.807, 2.05) is 0 Å². The molecule has 1 aromatic heterocycles. The number of rotatable bonds is 5. The molecule has 0 atom stereocenters. The van der Waals surface area contributed by atoms with E-state index in [4.69, 9.17) is 16.1 Å². The van der Waals surface area contributed by atoms with Gasteiger partial charge in [-0.15, -0.1) is 0 Å². The zero-order chi connectivity index (χ0) is 9.68. The van der Waals surface area contributed by atoms with Gasteiger partial charge in [-0.3, -0.25) is 4.79 Å². The summed E-state index contributed by atoms with van der Waals surface area (Å²) in [5, 5.41) is 2.39. The average molecular weight is 222 g/mol. The van der Waals surface area contributed by atoms with E-state index in [2.05, 4.69) is 12.1 Å². The molecule has 0 aliphatic rings. The van der Waals surface area contributed by atoms with Gasteiger partial charge in [-0.25, -0.2) is 0 Å². The maximum atomic E-state index is 10.8. The van der Waals surface area contributed by atoms with Gasteiger partial charge in [0.25, 0.3) is 5.56 Å². The predicted molar refractivity (Wildman–Crippen MR) is 55.4 cm³/mol. The smallest absolute Gasteiger partial charge is 0.298 e. The molecule has 0 radical (unpaired) electrons. The van der Waals surface area contributed by atoms with Crippen molar-refractivity contribution in [1.82, 2.24) is 5.16 Å². The van der Waals surface area contributed by atoms with Gasteiger partial charge >= 0.3 is 0 Å². The van der Waals surface area contributed by atoms with Crippen LogP contribution >= 0.6 is 23.4 Å². The summed E-state index contributed by atoms with van der Waals surface area (Å²) in [6.07, 6.45) is 2.36. The van der Waals surface area contributed by atoms with E-state index in [-0.39, 0.29) is 10.6 Å². The van der Waals surface area contributed by atoms with Crippen molar-refractivity contribution < 1.29 is 4.52 Å². The first-order valence-electron chi connectivity index (χ1n) is 4.19.